The average Bonchev–Trinajstić information content (AvgIpc) is 1.87. The maximum atomic E-state index is 10.6. The summed E-state index contributed by atoms with van der Waals surface area (Å²) < 4.78 is 4.78. The quantitative estimate of drug-likeness (QED) is 0.232. The molecular formula is C5H9AuClNO2S2+2. The maximum absolute atomic E-state index is 10.6. The van der Waals surface area contributed by atoms with Crippen LogP contribution in [0.5, 0.6) is 0 Å². The molecule has 0 rings (SSSR count). The fourth-order valence-corrected chi connectivity index (χ4v) is 0.461. The average molecular weight is 412 g/mol. The van der Waals surface area contributed by atoms with Crippen molar-refractivity contribution in [3.63, 3.8) is 0 Å². The van der Waals surface area contributed by atoms with Crippen LogP contribution < -0.4 is 12.4 Å². The fourth-order valence-electron chi connectivity index (χ4n) is 0.326. The van der Waals surface area contributed by atoms with Gasteiger partial charge in [-0.25, -0.2) is 0 Å². The Labute approximate surface area is 105 Å². The summed E-state index contributed by atoms with van der Waals surface area (Å²) >= 11 is 8.52. The van der Waals surface area contributed by atoms with E-state index in [1.807, 2.05) is 0 Å². The Kier molecular flexibility index (Phi) is 15.2. The minimum absolute atomic E-state index is 0. The van der Waals surface area contributed by atoms with E-state index in [2.05, 4.69) is 29.6 Å². The zero-order chi connectivity index (χ0) is 8.15. The molecule has 0 aliphatic carbocycles. The molecule has 0 fully saturated rings. The predicted octanol–water partition coefficient (Wildman–Crippen LogP) is -2.69. The van der Waals surface area contributed by atoms with Crippen LogP contribution in [-0.4, -0.2) is 35.9 Å². The molecule has 0 aliphatic rings. The van der Waals surface area contributed by atoms with Gasteiger partial charge >= 0.3 is 28.3 Å². The Morgan fingerprint density at radius 2 is 2.08 bits per heavy atom. The molecule has 0 unspecified atom stereocenters. The number of rotatable bonds is 2. The van der Waals surface area contributed by atoms with Crippen LogP contribution in [0, 0.1) is 0 Å². The van der Waals surface area contributed by atoms with E-state index in [4.69, 9.17) is 0 Å². The number of likely N-dealkylation sites (N-methyl/N-ethyl adjacent to an activating group) is 1. The van der Waals surface area contributed by atoms with Crippen molar-refractivity contribution in [2.75, 3.05) is 20.7 Å². The number of hydrogen-bond acceptors (Lipinski definition) is 3. The van der Waals surface area contributed by atoms with Gasteiger partial charge in [-0.05, 0) is 0 Å². The molecule has 0 aromatic rings. The van der Waals surface area contributed by atoms with Crippen LogP contribution in [0.15, 0.2) is 0 Å². The van der Waals surface area contributed by atoms with Crippen molar-refractivity contribution >= 4 is 35.1 Å². The maximum Gasteiger partial charge on any atom is 3.00 e. The molecule has 0 atom stereocenters. The monoisotopic (exact) mass is 411 g/mol. The topological polar surface area (TPSA) is 29.5 Å². The van der Waals surface area contributed by atoms with Gasteiger partial charge in [-0.1, -0.05) is 12.2 Å². The van der Waals surface area contributed by atoms with Gasteiger partial charge in [0.15, 0.2) is 0 Å². The van der Waals surface area contributed by atoms with Crippen LogP contribution in [0.2, 0.25) is 0 Å². The number of methoxy groups -OCH3 is 1. The second kappa shape index (κ2) is 9.83. The number of hydrogen-bond donors (Lipinski definition) is 1. The molecule has 0 heterocycles. The normalized spacial score (nSPS) is 7.25. The van der Waals surface area contributed by atoms with Gasteiger partial charge < -0.3 is 22.0 Å². The van der Waals surface area contributed by atoms with E-state index in [0.29, 0.717) is 4.32 Å². The van der Waals surface area contributed by atoms with Gasteiger partial charge in [0, 0.05) is 7.05 Å². The van der Waals surface area contributed by atoms with Crippen LogP contribution in [0.4, 0.5) is 0 Å². The summed E-state index contributed by atoms with van der Waals surface area (Å²) in [5.41, 5.74) is 0. The molecule has 0 bridgehead atoms. The van der Waals surface area contributed by atoms with Gasteiger partial charge in [0.1, 0.15) is 10.9 Å². The Morgan fingerprint density at radius 3 is 2.33 bits per heavy atom. The number of esters is 1. The molecule has 0 aromatic heterocycles. The number of thiocarbonyl (C=S) groups is 1. The second-order valence-electron chi connectivity index (χ2n) is 1.71. The molecule has 3 nitrogen and oxygen atoms in total. The Morgan fingerprint density at radius 1 is 1.67 bits per heavy atom. The van der Waals surface area contributed by atoms with E-state index in [1.165, 1.54) is 12.0 Å². The van der Waals surface area contributed by atoms with Gasteiger partial charge in [-0.15, -0.1) is 12.6 Å². The molecule has 0 N–H and O–H groups in total. The first-order valence-electron chi connectivity index (χ1n) is 2.58. The van der Waals surface area contributed by atoms with Crippen molar-refractivity contribution in [1.82, 2.24) is 4.90 Å². The molecule has 0 saturated heterocycles. The van der Waals surface area contributed by atoms with E-state index in [1.54, 1.807) is 7.05 Å². The van der Waals surface area contributed by atoms with Crippen molar-refractivity contribution in [3.8, 4) is 0 Å². The molecular weight excluding hydrogens is 403 g/mol. The molecule has 12 heavy (non-hydrogen) atoms. The largest absolute Gasteiger partial charge is 3.00 e. The molecule has 7 heteroatoms. The van der Waals surface area contributed by atoms with Crippen molar-refractivity contribution in [2.45, 2.75) is 0 Å². The fraction of sp³-hybridized carbons (Fsp3) is 0.600. The SMILES string of the molecule is COC(=O)CN(C)C(=S)S.[Au+3].[Cl-]. The number of halogens is 1. The van der Waals surface area contributed by atoms with Crippen LogP contribution in [0.1, 0.15) is 0 Å². The predicted molar refractivity (Wildman–Crippen MR) is 46.2 cm³/mol. The molecule has 0 radical (unpaired) electrons. The number of thiol groups is 1. The van der Waals surface area contributed by atoms with E-state index in [0.717, 1.165) is 0 Å². The second-order valence-corrected chi connectivity index (χ2v) is 2.83. The molecule has 0 aromatic carbocycles. The summed E-state index contributed by atoms with van der Waals surface area (Å²) in [6.07, 6.45) is 0. The van der Waals surface area contributed by atoms with Crippen molar-refractivity contribution in [1.29, 1.82) is 0 Å². The molecule has 0 saturated carbocycles. The zero-order valence-electron chi connectivity index (χ0n) is 6.51. The van der Waals surface area contributed by atoms with Crippen molar-refractivity contribution in [2.24, 2.45) is 0 Å². The molecule has 0 amide bonds. The third-order valence-corrected chi connectivity index (χ3v) is 1.57. The number of carbonyl (C=O) groups is 1. The Hall–Kier alpha value is 0.740. The summed E-state index contributed by atoms with van der Waals surface area (Å²) in [6.45, 7) is 0.152. The van der Waals surface area contributed by atoms with Crippen LogP contribution in [0.25, 0.3) is 0 Å². The zero-order valence-corrected chi connectivity index (χ0v) is 11.1. The third kappa shape index (κ3) is 8.83. The van der Waals surface area contributed by atoms with Crippen molar-refractivity contribution < 1.29 is 44.3 Å². The van der Waals surface area contributed by atoms with E-state index in [9.17, 15) is 4.79 Å². The van der Waals surface area contributed by atoms with Crippen LogP contribution >= 0.6 is 24.8 Å². The Bertz CT molecular complexity index is 158. The Balaban J connectivity index is -0.000000405. The first kappa shape index (κ1) is 18.5. The van der Waals surface area contributed by atoms with Gasteiger partial charge in [-0.3, -0.25) is 4.79 Å². The number of nitrogens with zero attached hydrogens (tertiary/aromatic N) is 1. The van der Waals surface area contributed by atoms with E-state index in [-0.39, 0.29) is 47.3 Å². The minimum Gasteiger partial charge on any atom is -1.00 e. The van der Waals surface area contributed by atoms with Gasteiger partial charge in [0.2, 0.25) is 0 Å². The summed E-state index contributed by atoms with van der Waals surface area (Å²) in [5.74, 6) is -0.320. The third-order valence-electron chi connectivity index (χ3n) is 0.920. The summed E-state index contributed by atoms with van der Waals surface area (Å²) in [5, 5.41) is 0. The first-order chi connectivity index (χ1) is 4.57. The van der Waals surface area contributed by atoms with Crippen molar-refractivity contribution in [3.05, 3.63) is 0 Å². The summed E-state index contributed by atoms with van der Waals surface area (Å²) in [7, 11) is 3.00. The van der Waals surface area contributed by atoms with E-state index < -0.39 is 0 Å². The first-order valence-corrected chi connectivity index (χ1v) is 3.44. The smallest absolute Gasteiger partial charge is 1.00 e. The van der Waals surface area contributed by atoms with Gasteiger partial charge in [0.05, 0.1) is 7.11 Å². The van der Waals surface area contributed by atoms with E-state index >= 15 is 0 Å². The standard InChI is InChI=1S/C5H9NO2S2.Au.ClH/c1-6(5(9)10)3-4(7)8-2;;/h3H2,1-2H3,(H,9,10);;1H/q;+3;/p-1. The van der Waals surface area contributed by atoms with Gasteiger partial charge in [-0.2, -0.15) is 0 Å². The van der Waals surface area contributed by atoms with Crippen LogP contribution in [-0.2, 0) is 31.9 Å². The van der Waals surface area contributed by atoms with Gasteiger partial charge in [0.25, 0.3) is 0 Å². The molecule has 0 spiro atoms. The minimum atomic E-state index is -0.320. The molecule has 74 valence electrons. The number of carbonyl (C=O) groups excluding carboxylic acids is 1. The summed E-state index contributed by atoms with van der Waals surface area (Å²) in [4.78, 5) is 12.1. The molecule has 0 aliphatic heterocycles. The summed E-state index contributed by atoms with van der Waals surface area (Å²) in [6, 6.07) is 0. The number of ether oxygens (including phenoxy) is 1. The van der Waals surface area contributed by atoms with Crippen LogP contribution in [0.3, 0.4) is 0 Å².